The molecule has 0 bridgehead atoms. The van der Waals surface area contributed by atoms with Crippen LogP contribution in [0, 0.1) is 0 Å². The van der Waals surface area contributed by atoms with Crippen molar-refractivity contribution < 1.29 is 9.47 Å². The summed E-state index contributed by atoms with van der Waals surface area (Å²) in [6.45, 7) is 2.62. The first-order valence-electron chi connectivity index (χ1n) is 5.65. The van der Waals surface area contributed by atoms with E-state index in [0.29, 0.717) is 19.8 Å². The summed E-state index contributed by atoms with van der Waals surface area (Å²) in [5.74, 6) is 0.779. The van der Waals surface area contributed by atoms with E-state index in [1.165, 1.54) is 0 Å². The summed E-state index contributed by atoms with van der Waals surface area (Å²) in [5.41, 5.74) is 2.01. The van der Waals surface area contributed by atoms with Gasteiger partial charge in [0.2, 0.25) is 5.95 Å². The molecule has 1 aromatic heterocycles. The monoisotopic (exact) mass is 235 g/mol. The second-order valence-corrected chi connectivity index (χ2v) is 3.63. The van der Waals surface area contributed by atoms with Crippen molar-refractivity contribution in [3.05, 3.63) is 24.3 Å². The van der Waals surface area contributed by atoms with Crippen molar-refractivity contribution in [1.82, 2.24) is 9.97 Å². The van der Waals surface area contributed by atoms with Crippen molar-refractivity contribution in [3.8, 4) is 0 Å². The number of hydrogen-bond acceptors (Lipinski definition) is 4. The van der Waals surface area contributed by atoms with Crippen molar-refractivity contribution in [2.45, 2.75) is 0 Å². The molecule has 92 valence electrons. The van der Waals surface area contributed by atoms with E-state index >= 15 is 0 Å². The number of nitrogens with one attached hydrogen (secondary N) is 2. The van der Waals surface area contributed by atoms with E-state index in [9.17, 15) is 0 Å². The standard InChI is InChI=1S/C12H17N3O2/c1-16-8-9-17-7-6-13-12-14-10-4-2-3-5-11(10)15-12/h2-5H,6-9H2,1H3,(H2,13,14,15). The predicted octanol–water partition coefficient (Wildman–Crippen LogP) is 1.64. The van der Waals surface area contributed by atoms with Gasteiger partial charge in [0.15, 0.2) is 0 Å². The van der Waals surface area contributed by atoms with Crippen molar-refractivity contribution in [3.63, 3.8) is 0 Å². The maximum Gasteiger partial charge on any atom is 0.201 e. The number of hydrogen-bond donors (Lipinski definition) is 2. The smallest absolute Gasteiger partial charge is 0.201 e. The number of fused-ring (bicyclic) bond motifs is 1. The van der Waals surface area contributed by atoms with Gasteiger partial charge in [-0.2, -0.15) is 0 Å². The third-order valence-corrected chi connectivity index (χ3v) is 2.36. The molecular weight excluding hydrogens is 218 g/mol. The number of para-hydroxylation sites is 2. The lowest BCUT2D eigenvalue weighted by Gasteiger charge is -2.04. The van der Waals surface area contributed by atoms with Gasteiger partial charge in [0.25, 0.3) is 0 Å². The number of rotatable bonds is 7. The topological polar surface area (TPSA) is 59.2 Å². The Balaban J connectivity index is 1.75. The molecule has 0 radical (unpaired) electrons. The molecule has 17 heavy (non-hydrogen) atoms. The van der Waals surface area contributed by atoms with Crippen LogP contribution < -0.4 is 5.32 Å². The molecule has 0 aliphatic heterocycles. The Morgan fingerprint density at radius 2 is 2.12 bits per heavy atom. The fourth-order valence-corrected chi connectivity index (χ4v) is 1.52. The highest BCUT2D eigenvalue weighted by Gasteiger charge is 1.99. The Labute approximate surface area is 100 Å². The van der Waals surface area contributed by atoms with Gasteiger partial charge in [-0.05, 0) is 12.1 Å². The van der Waals surface area contributed by atoms with Gasteiger partial charge in [-0.1, -0.05) is 12.1 Å². The van der Waals surface area contributed by atoms with Gasteiger partial charge >= 0.3 is 0 Å². The number of nitrogens with zero attached hydrogens (tertiary/aromatic N) is 1. The van der Waals surface area contributed by atoms with Crippen molar-refractivity contribution in [2.75, 3.05) is 38.8 Å². The van der Waals surface area contributed by atoms with E-state index in [0.717, 1.165) is 23.5 Å². The minimum absolute atomic E-state index is 0.623. The molecule has 0 aliphatic carbocycles. The molecule has 5 nitrogen and oxygen atoms in total. The van der Waals surface area contributed by atoms with Crippen LogP contribution in [0.5, 0.6) is 0 Å². The second-order valence-electron chi connectivity index (χ2n) is 3.63. The average Bonchev–Trinajstić information content (AvgIpc) is 2.76. The second kappa shape index (κ2) is 6.22. The number of anilines is 1. The maximum absolute atomic E-state index is 5.34. The van der Waals surface area contributed by atoms with Crippen LogP contribution in [0.1, 0.15) is 0 Å². The van der Waals surface area contributed by atoms with Crippen LogP contribution >= 0.6 is 0 Å². The predicted molar refractivity (Wildman–Crippen MR) is 67.3 cm³/mol. The lowest BCUT2D eigenvalue weighted by molar-refractivity contribution is 0.0759. The molecule has 0 spiro atoms. The lowest BCUT2D eigenvalue weighted by atomic mass is 10.3. The van der Waals surface area contributed by atoms with Crippen molar-refractivity contribution in [2.24, 2.45) is 0 Å². The third kappa shape index (κ3) is 3.44. The fourth-order valence-electron chi connectivity index (χ4n) is 1.52. The molecule has 2 rings (SSSR count). The molecule has 2 aromatic rings. The van der Waals surface area contributed by atoms with Crippen LogP contribution in [0.15, 0.2) is 24.3 Å². The van der Waals surface area contributed by atoms with Crippen LogP contribution in [-0.2, 0) is 9.47 Å². The molecule has 0 atom stereocenters. The van der Waals surface area contributed by atoms with Crippen LogP contribution in [0.4, 0.5) is 5.95 Å². The number of imidazole rings is 1. The van der Waals surface area contributed by atoms with Gasteiger partial charge in [0.1, 0.15) is 0 Å². The van der Waals surface area contributed by atoms with Crippen molar-refractivity contribution in [1.29, 1.82) is 0 Å². The normalized spacial score (nSPS) is 10.9. The first-order chi connectivity index (χ1) is 8.40. The van der Waals surface area contributed by atoms with Gasteiger partial charge in [0.05, 0.1) is 30.9 Å². The number of H-pyrrole nitrogens is 1. The van der Waals surface area contributed by atoms with Gasteiger partial charge in [-0.3, -0.25) is 0 Å². The zero-order valence-electron chi connectivity index (χ0n) is 9.90. The van der Waals surface area contributed by atoms with E-state index in [1.807, 2.05) is 24.3 Å². The van der Waals surface area contributed by atoms with Gasteiger partial charge < -0.3 is 19.8 Å². The summed E-state index contributed by atoms with van der Waals surface area (Å²) in [5, 5.41) is 3.18. The van der Waals surface area contributed by atoms with Crippen molar-refractivity contribution >= 4 is 17.0 Å². The summed E-state index contributed by atoms with van der Waals surface area (Å²) < 4.78 is 10.2. The largest absolute Gasteiger partial charge is 0.382 e. The highest BCUT2D eigenvalue weighted by molar-refractivity contribution is 5.77. The Morgan fingerprint density at radius 1 is 1.24 bits per heavy atom. The molecule has 1 aromatic carbocycles. The molecule has 2 N–H and O–H groups in total. The lowest BCUT2D eigenvalue weighted by Crippen LogP contribution is -2.12. The van der Waals surface area contributed by atoms with E-state index in [4.69, 9.17) is 9.47 Å². The molecule has 5 heteroatoms. The van der Waals surface area contributed by atoms with Crippen LogP contribution in [-0.4, -0.2) is 43.4 Å². The number of aromatic nitrogens is 2. The highest BCUT2D eigenvalue weighted by Crippen LogP contribution is 2.12. The summed E-state index contributed by atoms with van der Waals surface area (Å²) in [6.07, 6.45) is 0. The zero-order valence-corrected chi connectivity index (χ0v) is 9.90. The minimum Gasteiger partial charge on any atom is -0.382 e. The number of methoxy groups -OCH3 is 1. The van der Waals surface area contributed by atoms with Gasteiger partial charge in [-0.15, -0.1) is 0 Å². The molecular formula is C12H17N3O2. The molecule has 0 fully saturated rings. The highest BCUT2D eigenvalue weighted by atomic mass is 16.5. The SMILES string of the molecule is COCCOCCNc1nc2ccccc2[nH]1. The molecule has 0 unspecified atom stereocenters. The van der Waals surface area contributed by atoms with Crippen LogP contribution in [0.25, 0.3) is 11.0 Å². The van der Waals surface area contributed by atoms with Crippen LogP contribution in [0.3, 0.4) is 0 Å². The Morgan fingerprint density at radius 3 is 2.94 bits per heavy atom. The molecule has 1 heterocycles. The number of benzene rings is 1. The maximum atomic E-state index is 5.34. The Kier molecular flexibility index (Phi) is 4.35. The van der Waals surface area contributed by atoms with E-state index in [-0.39, 0.29) is 0 Å². The number of ether oxygens (including phenoxy) is 2. The molecule has 0 aliphatic rings. The quantitative estimate of drug-likeness (QED) is 0.716. The summed E-state index contributed by atoms with van der Waals surface area (Å²) in [7, 11) is 1.66. The van der Waals surface area contributed by atoms with E-state index in [2.05, 4.69) is 15.3 Å². The van der Waals surface area contributed by atoms with Gasteiger partial charge in [0, 0.05) is 13.7 Å². The Bertz CT molecular complexity index is 423. The average molecular weight is 235 g/mol. The van der Waals surface area contributed by atoms with E-state index < -0.39 is 0 Å². The van der Waals surface area contributed by atoms with Gasteiger partial charge in [-0.25, -0.2) is 4.98 Å². The van der Waals surface area contributed by atoms with Crippen LogP contribution in [0.2, 0.25) is 0 Å². The minimum atomic E-state index is 0.623. The molecule has 0 amide bonds. The first-order valence-corrected chi connectivity index (χ1v) is 5.65. The first kappa shape index (κ1) is 11.9. The number of aromatic amines is 1. The zero-order chi connectivity index (χ0) is 11.9. The molecule has 0 saturated heterocycles. The summed E-state index contributed by atoms with van der Waals surface area (Å²) in [6, 6.07) is 7.94. The Hall–Kier alpha value is -1.59. The summed E-state index contributed by atoms with van der Waals surface area (Å²) >= 11 is 0. The van der Waals surface area contributed by atoms with E-state index in [1.54, 1.807) is 7.11 Å². The fraction of sp³-hybridized carbons (Fsp3) is 0.417. The third-order valence-electron chi connectivity index (χ3n) is 2.36. The summed E-state index contributed by atoms with van der Waals surface area (Å²) in [4.78, 5) is 7.59. The molecule has 0 saturated carbocycles.